The van der Waals surface area contributed by atoms with Crippen LogP contribution in [0.25, 0.3) is 0 Å². The van der Waals surface area contributed by atoms with Crippen LogP contribution in [0.5, 0.6) is 23.0 Å². The highest BCUT2D eigenvalue weighted by molar-refractivity contribution is 6.04. The molecule has 0 bridgehead atoms. The van der Waals surface area contributed by atoms with Gasteiger partial charge in [0.1, 0.15) is 0 Å². The molecular formula is C33H40N4O8. The van der Waals surface area contributed by atoms with Gasteiger partial charge in [-0.15, -0.1) is 0 Å². The first kappa shape index (κ1) is 30.8. The summed E-state index contributed by atoms with van der Waals surface area (Å²) in [4.78, 5) is 39.4. The lowest BCUT2D eigenvalue weighted by molar-refractivity contribution is 0.0708. The number of fused-ring (bicyclic) bond motifs is 4. The van der Waals surface area contributed by atoms with Crippen LogP contribution in [0.4, 0.5) is 11.4 Å². The molecular weight excluding hydrogens is 580 g/mol. The van der Waals surface area contributed by atoms with Gasteiger partial charge < -0.3 is 38.2 Å². The first-order chi connectivity index (χ1) is 21.9. The molecule has 2 aromatic rings. The van der Waals surface area contributed by atoms with Gasteiger partial charge in [0.2, 0.25) is 0 Å². The zero-order valence-electron chi connectivity index (χ0n) is 26.2. The summed E-state index contributed by atoms with van der Waals surface area (Å²) in [7, 11) is 6.46. The predicted octanol–water partition coefficient (Wildman–Crippen LogP) is 4.22. The molecule has 0 radical (unpaired) electrons. The Labute approximate surface area is 262 Å². The maximum Gasteiger partial charge on any atom is 0.256 e. The Morgan fingerprint density at radius 1 is 0.644 bits per heavy atom. The first-order valence-corrected chi connectivity index (χ1v) is 15.4. The second-order valence-corrected chi connectivity index (χ2v) is 11.6. The number of unbranched alkanes of at least 4 members (excludes halogenated alkanes) is 2. The van der Waals surface area contributed by atoms with Crippen molar-refractivity contribution in [3.8, 4) is 23.0 Å². The topological polar surface area (TPSA) is 121 Å². The number of hydrogen-bond acceptors (Lipinski definition) is 10. The Morgan fingerprint density at radius 2 is 1.09 bits per heavy atom. The molecule has 4 heterocycles. The van der Waals surface area contributed by atoms with E-state index in [1.165, 1.54) is 0 Å². The quantitative estimate of drug-likeness (QED) is 0.324. The Morgan fingerprint density at radius 3 is 1.49 bits per heavy atom. The van der Waals surface area contributed by atoms with Gasteiger partial charge in [0, 0.05) is 64.7 Å². The van der Waals surface area contributed by atoms with Crippen molar-refractivity contribution in [1.29, 1.82) is 0 Å². The summed E-state index contributed by atoms with van der Waals surface area (Å²) in [5.41, 5.74) is 2.14. The van der Waals surface area contributed by atoms with Gasteiger partial charge in [-0.25, -0.2) is 0 Å². The molecule has 2 amide bonds. The zero-order chi connectivity index (χ0) is 31.5. The van der Waals surface area contributed by atoms with Crippen molar-refractivity contribution in [2.75, 3.05) is 54.7 Å². The van der Waals surface area contributed by atoms with Crippen molar-refractivity contribution in [3.63, 3.8) is 0 Å². The molecule has 45 heavy (non-hydrogen) atoms. The molecule has 0 N–H and O–H groups in total. The molecule has 2 saturated heterocycles. The first-order valence-electron chi connectivity index (χ1n) is 15.4. The summed E-state index contributed by atoms with van der Waals surface area (Å²) in [5, 5.41) is 0. The molecule has 0 aliphatic carbocycles. The maximum atomic E-state index is 13.3. The van der Waals surface area contributed by atoms with Crippen molar-refractivity contribution in [1.82, 2.24) is 9.80 Å². The average molecular weight is 621 g/mol. The van der Waals surface area contributed by atoms with E-state index in [0.29, 0.717) is 71.8 Å². The third-order valence-electron chi connectivity index (χ3n) is 8.90. The summed E-state index contributed by atoms with van der Waals surface area (Å²) < 4.78 is 34.2. The SMILES string of the molecule is COc1cc2c(cc1OCCCCCOc1cc3c(cc1OC)C(=O)N1CC(OC)C[C@H]1C=N3)N=C[C@@H]1CC(OC)CN1C2=O. The lowest BCUT2D eigenvalue weighted by Crippen LogP contribution is -2.35. The monoisotopic (exact) mass is 620 g/mol. The second kappa shape index (κ2) is 13.5. The highest BCUT2D eigenvalue weighted by Gasteiger charge is 2.39. The fourth-order valence-electron chi connectivity index (χ4n) is 6.33. The van der Waals surface area contributed by atoms with Gasteiger partial charge in [-0.2, -0.15) is 0 Å². The van der Waals surface area contributed by atoms with Crippen molar-refractivity contribution < 1.29 is 38.0 Å². The molecule has 6 rings (SSSR count). The van der Waals surface area contributed by atoms with Gasteiger partial charge in [0.25, 0.3) is 11.8 Å². The standard InChI is InChI=1S/C33H40N4O8/c1-40-22-10-20-16-34-26-14-30(28(42-3)12-24(26)32(38)36(20)18-22)44-8-6-5-7-9-45-31-15-27-25(13-29(31)43-4)33(39)37-19-23(41-2)11-21(37)17-35-27/h12-17,20-23H,5-11,18-19H2,1-4H3/t20-,21-,22?,23?/m0/s1. The largest absolute Gasteiger partial charge is 0.493 e. The van der Waals surface area contributed by atoms with Gasteiger partial charge >= 0.3 is 0 Å². The number of aliphatic imine (C=N–C) groups is 2. The number of methoxy groups -OCH3 is 4. The van der Waals surface area contributed by atoms with Crippen molar-refractivity contribution >= 4 is 35.6 Å². The molecule has 2 fully saturated rings. The molecule has 4 atom stereocenters. The van der Waals surface area contributed by atoms with Crippen LogP contribution < -0.4 is 18.9 Å². The molecule has 240 valence electrons. The fraction of sp³-hybridized carbons (Fsp3) is 0.515. The van der Waals surface area contributed by atoms with E-state index in [1.807, 2.05) is 12.4 Å². The Bertz CT molecular complexity index is 1380. The van der Waals surface area contributed by atoms with Gasteiger partial charge in [0.15, 0.2) is 23.0 Å². The fourth-order valence-corrected chi connectivity index (χ4v) is 6.33. The van der Waals surface area contributed by atoms with E-state index in [0.717, 1.165) is 32.1 Å². The van der Waals surface area contributed by atoms with E-state index in [1.54, 1.807) is 62.5 Å². The van der Waals surface area contributed by atoms with Gasteiger partial charge in [0.05, 0.1) is 74.2 Å². The Hall–Kier alpha value is -4.16. The van der Waals surface area contributed by atoms with Crippen molar-refractivity contribution in [2.45, 2.75) is 56.4 Å². The molecule has 12 heteroatoms. The number of carbonyl (C=O) groups excluding carboxylic acids is 2. The lowest BCUT2D eigenvalue weighted by atomic mass is 10.1. The molecule has 12 nitrogen and oxygen atoms in total. The molecule has 0 aromatic heterocycles. The van der Waals surface area contributed by atoms with Gasteiger partial charge in [-0.1, -0.05) is 0 Å². The molecule has 4 aliphatic rings. The third kappa shape index (κ3) is 6.21. The number of nitrogens with zero attached hydrogens (tertiary/aromatic N) is 4. The van der Waals surface area contributed by atoms with Crippen LogP contribution in [0.15, 0.2) is 34.3 Å². The molecule has 2 unspecified atom stereocenters. The second-order valence-electron chi connectivity index (χ2n) is 11.6. The number of benzene rings is 2. The summed E-state index contributed by atoms with van der Waals surface area (Å²) in [6.07, 6.45) is 7.56. The molecule has 4 aliphatic heterocycles. The van der Waals surface area contributed by atoms with E-state index in [2.05, 4.69) is 9.98 Å². The van der Waals surface area contributed by atoms with Crippen LogP contribution >= 0.6 is 0 Å². The van der Waals surface area contributed by atoms with Crippen LogP contribution in [0.1, 0.15) is 52.8 Å². The summed E-state index contributed by atoms with van der Waals surface area (Å²) >= 11 is 0. The number of amides is 2. The number of hydrogen-bond donors (Lipinski definition) is 0. The minimum absolute atomic E-state index is 0.00882. The van der Waals surface area contributed by atoms with E-state index in [-0.39, 0.29) is 36.1 Å². The summed E-state index contributed by atoms with van der Waals surface area (Å²) in [6, 6.07) is 6.81. The van der Waals surface area contributed by atoms with Crippen LogP contribution in [0.2, 0.25) is 0 Å². The smallest absolute Gasteiger partial charge is 0.256 e. The minimum Gasteiger partial charge on any atom is -0.493 e. The van der Waals surface area contributed by atoms with E-state index < -0.39 is 0 Å². The van der Waals surface area contributed by atoms with Gasteiger partial charge in [-0.3, -0.25) is 19.6 Å². The van der Waals surface area contributed by atoms with E-state index in [4.69, 9.17) is 28.4 Å². The number of rotatable bonds is 12. The summed E-state index contributed by atoms with van der Waals surface area (Å²) in [5.74, 6) is 1.94. The summed E-state index contributed by atoms with van der Waals surface area (Å²) in [6.45, 7) is 2.02. The highest BCUT2D eigenvalue weighted by atomic mass is 16.5. The van der Waals surface area contributed by atoms with Crippen LogP contribution in [-0.2, 0) is 9.47 Å². The van der Waals surface area contributed by atoms with E-state index >= 15 is 0 Å². The normalized spacial score (nSPS) is 23.2. The Balaban J connectivity index is 1.01. The van der Waals surface area contributed by atoms with E-state index in [9.17, 15) is 9.59 Å². The van der Waals surface area contributed by atoms with Crippen LogP contribution in [0.3, 0.4) is 0 Å². The van der Waals surface area contributed by atoms with Crippen LogP contribution in [-0.4, -0.2) is 113 Å². The number of carbonyl (C=O) groups is 2. The zero-order valence-corrected chi connectivity index (χ0v) is 26.2. The highest BCUT2D eigenvalue weighted by Crippen LogP contribution is 2.40. The molecule has 0 spiro atoms. The predicted molar refractivity (Wildman–Crippen MR) is 168 cm³/mol. The van der Waals surface area contributed by atoms with Crippen molar-refractivity contribution in [3.05, 3.63) is 35.4 Å². The average Bonchev–Trinajstić information content (AvgIpc) is 3.63. The third-order valence-corrected chi connectivity index (χ3v) is 8.90. The number of ether oxygens (including phenoxy) is 6. The Kier molecular flexibility index (Phi) is 9.22. The minimum atomic E-state index is -0.0877. The lowest BCUT2D eigenvalue weighted by Gasteiger charge is -2.20. The molecule has 0 saturated carbocycles. The molecule has 2 aromatic carbocycles. The van der Waals surface area contributed by atoms with Crippen molar-refractivity contribution in [2.24, 2.45) is 9.98 Å². The van der Waals surface area contributed by atoms with Gasteiger partial charge in [-0.05, 0) is 31.4 Å². The maximum absolute atomic E-state index is 13.3. The van der Waals surface area contributed by atoms with Crippen LogP contribution in [0, 0.1) is 0 Å².